The van der Waals surface area contributed by atoms with Crippen molar-refractivity contribution in [3.63, 3.8) is 0 Å². The number of furan rings is 1. The van der Waals surface area contributed by atoms with Crippen LogP contribution in [0.25, 0.3) is 17.2 Å². The lowest BCUT2D eigenvalue weighted by Crippen LogP contribution is -2.00. The normalized spacial score (nSPS) is 11.3. The molecule has 21 heavy (non-hydrogen) atoms. The summed E-state index contributed by atoms with van der Waals surface area (Å²) in [7, 11) is 0. The fourth-order valence-corrected chi connectivity index (χ4v) is 2.05. The maximum atomic E-state index is 11.6. The molecule has 2 heterocycles. The topological polar surface area (TPSA) is 65.5 Å². The number of carbonyl (C=O) groups is 1. The van der Waals surface area contributed by atoms with Gasteiger partial charge in [-0.15, -0.1) is 0 Å². The van der Waals surface area contributed by atoms with Crippen molar-refractivity contribution in [2.24, 2.45) is 0 Å². The molecule has 106 valence electrons. The van der Waals surface area contributed by atoms with Crippen LogP contribution < -0.4 is 0 Å². The molecule has 0 aliphatic carbocycles. The molecule has 5 nitrogen and oxygen atoms in total. The average molecular weight is 348 g/mol. The maximum Gasteiger partial charge on any atom is 0.331 e. The molecule has 2 aromatic heterocycles. The Morgan fingerprint density at radius 2 is 2.10 bits per heavy atom. The van der Waals surface area contributed by atoms with Crippen LogP contribution in [0.1, 0.15) is 11.7 Å². The Balaban J connectivity index is 1.59. The van der Waals surface area contributed by atoms with Crippen LogP contribution in [0.5, 0.6) is 0 Å². The molecule has 3 rings (SSSR count). The maximum absolute atomic E-state index is 11.6. The van der Waals surface area contributed by atoms with Crippen LogP contribution in [0, 0.1) is 0 Å². The van der Waals surface area contributed by atoms with Gasteiger partial charge in [0.05, 0.1) is 0 Å². The Bertz CT molecular complexity index is 770. The summed E-state index contributed by atoms with van der Waals surface area (Å²) >= 11 is 3.18. The monoisotopic (exact) mass is 347 g/mol. The molecule has 0 unspecified atom stereocenters. The van der Waals surface area contributed by atoms with E-state index in [1.165, 1.54) is 12.2 Å². The quantitative estimate of drug-likeness (QED) is 0.528. The van der Waals surface area contributed by atoms with Crippen LogP contribution >= 0.6 is 15.9 Å². The third-order valence-corrected chi connectivity index (χ3v) is 3.08. The van der Waals surface area contributed by atoms with Gasteiger partial charge in [-0.25, -0.2) is 9.78 Å². The number of esters is 1. The van der Waals surface area contributed by atoms with E-state index in [0.717, 1.165) is 5.52 Å². The van der Waals surface area contributed by atoms with E-state index < -0.39 is 5.97 Å². The smallest absolute Gasteiger partial charge is 0.331 e. The van der Waals surface area contributed by atoms with Crippen molar-refractivity contribution in [1.82, 2.24) is 4.98 Å². The highest BCUT2D eigenvalue weighted by Crippen LogP contribution is 2.16. The molecule has 0 atom stereocenters. The summed E-state index contributed by atoms with van der Waals surface area (Å²) in [5.41, 5.74) is 1.40. The summed E-state index contributed by atoms with van der Waals surface area (Å²) in [6.07, 6.45) is 2.81. The highest BCUT2D eigenvalue weighted by Gasteiger charge is 2.07. The second kappa shape index (κ2) is 5.97. The summed E-state index contributed by atoms with van der Waals surface area (Å²) in [5, 5.41) is 0. The van der Waals surface area contributed by atoms with E-state index in [0.29, 0.717) is 21.9 Å². The molecule has 0 amide bonds. The van der Waals surface area contributed by atoms with Crippen LogP contribution in [0.2, 0.25) is 0 Å². The number of nitrogens with zero attached hydrogens (tertiary/aromatic N) is 1. The van der Waals surface area contributed by atoms with E-state index in [-0.39, 0.29) is 6.61 Å². The third-order valence-electron chi connectivity index (χ3n) is 2.65. The van der Waals surface area contributed by atoms with Crippen molar-refractivity contribution in [1.29, 1.82) is 0 Å². The SMILES string of the molecule is O=C(/C=C/c1ccc(Br)o1)OCc1nc2ccccc2o1. The highest BCUT2D eigenvalue weighted by atomic mass is 79.9. The Morgan fingerprint density at radius 3 is 2.86 bits per heavy atom. The summed E-state index contributed by atoms with van der Waals surface area (Å²) < 4.78 is 16.3. The fourth-order valence-electron chi connectivity index (χ4n) is 1.73. The molecule has 1 aromatic carbocycles. The van der Waals surface area contributed by atoms with Crippen molar-refractivity contribution in [3.05, 3.63) is 58.8 Å². The van der Waals surface area contributed by atoms with Crippen molar-refractivity contribution < 1.29 is 18.4 Å². The zero-order valence-corrected chi connectivity index (χ0v) is 12.4. The average Bonchev–Trinajstić information content (AvgIpc) is 3.08. The number of benzene rings is 1. The second-order valence-corrected chi connectivity index (χ2v) is 4.94. The summed E-state index contributed by atoms with van der Waals surface area (Å²) in [5.74, 6) is 0.421. The zero-order valence-electron chi connectivity index (χ0n) is 10.8. The van der Waals surface area contributed by atoms with Crippen molar-refractivity contribution >= 4 is 39.1 Å². The highest BCUT2D eigenvalue weighted by molar-refractivity contribution is 9.10. The van der Waals surface area contributed by atoms with E-state index in [1.807, 2.05) is 24.3 Å². The molecular weight excluding hydrogens is 338 g/mol. The molecule has 0 bridgehead atoms. The van der Waals surface area contributed by atoms with Gasteiger partial charge in [-0.05, 0) is 46.3 Å². The van der Waals surface area contributed by atoms with Crippen LogP contribution in [0.4, 0.5) is 0 Å². The standard InChI is InChI=1S/C15H10BrNO4/c16-13-7-5-10(20-13)6-8-15(18)19-9-14-17-11-3-1-2-4-12(11)21-14/h1-8H,9H2/b8-6+. The van der Waals surface area contributed by atoms with E-state index in [2.05, 4.69) is 20.9 Å². The minimum Gasteiger partial charge on any atom is -0.453 e. The molecule has 0 saturated heterocycles. The Morgan fingerprint density at radius 1 is 1.24 bits per heavy atom. The first-order valence-corrected chi connectivity index (χ1v) is 6.94. The van der Waals surface area contributed by atoms with E-state index in [9.17, 15) is 4.79 Å². The van der Waals surface area contributed by atoms with Gasteiger partial charge in [0.15, 0.2) is 16.9 Å². The number of fused-ring (bicyclic) bond motifs is 1. The van der Waals surface area contributed by atoms with Gasteiger partial charge < -0.3 is 13.6 Å². The van der Waals surface area contributed by atoms with Crippen LogP contribution in [-0.4, -0.2) is 11.0 Å². The lowest BCUT2D eigenvalue weighted by molar-refractivity contribution is -0.139. The molecule has 0 aliphatic heterocycles. The molecule has 0 aliphatic rings. The van der Waals surface area contributed by atoms with Crippen molar-refractivity contribution in [3.8, 4) is 0 Å². The predicted molar refractivity (Wildman–Crippen MR) is 79.2 cm³/mol. The molecule has 0 radical (unpaired) electrons. The van der Waals surface area contributed by atoms with Gasteiger partial charge >= 0.3 is 5.97 Å². The molecule has 0 saturated carbocycles. The number of ether oxygens (including phenoxy) is 1. The van der Waals surface area contributed by atoms with Gasteiger partial charge in [-0.1, -0.05) is 12.1 Å². The second-order valence-electron chi connectivity index (χ2n) is 4.16. The predicted octanol–water partition coefficient (Wildman–Crippen LogP) is 3.94. The first-order valence-electron chi connectivity index (χ1n) is 6.15. The Labute approximate surface area is 128 Å². The van der Waals surface area contributed by atoms with E-state index in [4.69, 9.17) is 13.6 Å². The lowest BCUT2D eigenvalue weighted by atomic mass is 10.3. The largest absolute Gasteiger partial charge is 0.453 e. The number of hydrogen-bond acceptors (Lipinski definition) is 5. The number of aromatic nitrogens is 1. The summed E-state index contributed by atoms with van der Waals surface area (Å²) in [4.78, 5) is 15.8. The first-order chi connectivity index (χ1) is 10.2. The molecule has 0 spiro atoms. The van der Waals surface area contributed by atoms with Crippen molar-refractivity contribution in [2.45, 2.75) is 6.61 Å². The number of para-hydroxylation sites is 2. The van der Waals surface area contributed by atoms with Gasteiger partial charge in [-0.2, -0.15) is 0 Å². The molecule has 0 fully saturated rings. The number of hydrogen-bond donors (Lipinski definition) is 0. The van der Waals surface area contributed by atoms with E-state index in [1.54, 1.807) is 12.1 Å². The van der Waals surface area contributed by atoms with Gasteiger partial charge in [0.2, 0.25) is 5.89 Å². The summed E-state index contributed by atoms with van der Waals surface area (Å²) in [6, 6.07) is 10.8. The van der Waals surface area contributed by atoms with Crippen molar-refractivity contribution in [2.75, 3.05) is 0 Å². The third kappa shape index (κ3) is 3.41. The van der Waals surface area contributed by atoms with E-state index >= 15 is 0 Å². The molecule has 6 heteroatoms. The van der Waals surface area contributed by atoms with Gasteiger partial charge in [0, 0.05) is 6.08 Å². The van der Waals surface area contributed by atoms with Crippen LogP contribution in [0.3, 0.4) is 0 Å². The number of carbonyl (C=O) groups excluding carboxylic acids is 1. The molecule has 0 N–H and O–H groups in total. The number of oxazole rings is 1. The van der Waals surface area contributed by atoms with Gasteiger partial charge in [-0.3, -0.25) is 0 Å². The molecule has 3 aromatic rings. The van der Waals surface area contributed by atoms with Crippen LogP contribution in [-0.2, 0) is 16.1 Å². The molecular formula is C15H10BrNO4. The minimum atomic E-state index is -0.496. The fraction of sp³-hybridized carbons (Fsp3) is 0.0667. The Hall–Kier alpha value is -2.34. The Kier molecular flexibility index (Phi) is 3.87. The minimum absolute atomic E-state index is 0.0142. The van der Waals surface area contributed by atoms with Crippen LogP contribution in [0.15, 0.2) is 56.0 Å². The van der Waals surface area contributed by atoms with Gasteiger partial charge in [0.25, 0.3) is 0 Å². The zero-order chi connectivity index (χ0) is 14.7. The number of rotatable bonds is 4. The number of halogens is 1. The summed E-state index contributed by atoms with van der Waals surface area (Å²) in [6.45, 7) is -0.0142. The lowest BCUT2D eigenvalue weighted by Gasteiger charge is -1.96. The van der Waals surface area contributed by atoms with Gasteiger partial charge in [0.1, 0.15) is 11.3 Å². The first kappa shape index (κ1) is 13.6.